The number of ether oxygens (including phenoxy) is 2. The molecule has 1 unspecified atom stereocenters. The summed E-state index contributed by atoms with van der Waals surface area (Å²) in [4.78, 5) is 29.8. The van der Waals surface area contributed by atoms with Crippen molar-refractivity contribution in [3.63, 3.8) is 0 Å². The average Bonchev–Trinajstić information content (AvgIpc) is 3.29. The van der Waals surface area contributed by atoms with Crippen LogP contribution in [0.3, 0.4) is 0 Å². The molecule has 0 aliphatic carbocycles. The molecule has 0 bridgehead atoms. The molecule has 2 fully saturated rings. The Morgan fingerprint density at radius 1 is 1.32 bits per heavy atom. The van der Waals surface area contributed by atoms with Crippen molar-refractivity contribution < 1.29 is 19.1 Å². The maximum absolute atomic E-state index is 12.5. The lowest BCUT2D eigenvalue weighted by Crippen LogP contribution is -2.49. The third kappa shape index (κ3) is 8.26. The van der Waals surface area contributed by atoms with Gasteiger partial charge in [0.05, 0.1) is 19.3 Å². The second-order valence-electron chi connectivity index (χ2n) is 7.34. The van der Waals surface area contributed by atoms with Crippen LogP contribution in [0.1, 0.15) is 28.8 Å². The number of hydrogen-bond donors (Lipinski definition) is 3. The number of hydrogen-bond acceptors (Lipinski definition) is 5. The Labute approximate surface area is 200 Å². The van der Waals surface area contributed by atoms with Crippen molar-refractivity contribution in [3.05, 3.63) is 35.4 Å². The summed E-state index contributed by atoms with van der Waals surface area (Å²) in [6.45, 7) is 4.71. The van der Waals surface area contributed by atoms with Crippen LogP contribution in [0, 0.1) is 0 Å². The molecule has 0 aromatic heterocycles. The molecule has 3 N–H and O–H groups in total. The molecule has 1 atom stereocenters. The predicted molar refractivity (Wildman–Crippen MR) is 129 cm³/mol. The van der Waals surface area contributed by atoms with Crippen molar-refractivity contribution in [2.45, 2.75) is 25.5 Å². The highest BCUT2D eigenvalue weighted by Crippen LogP contribution is 2.09. The molecule has 2 aliphatic heterocycles. The van der Waals surface area contributed by atoms with Crippen LogP contribution in [-0.2, 0) is 20.8 Å². The van der Waals surface area contributed by atoms with E-state index in [-0.39, 0.29) is 48.4 Å². The van der Waals surface area contributed by atoms with Crippen LogP contribution in [0.2, 0.25) is 0 Å². The van der Waals surface area contributed by atoms with Gasteiger partial charge in [-0.25, -0.2) is 0 Å². The van der Waals surface area contributed by atoms with Crippen LogP contribution in [0.4, 0.5) is 0 Å². The van der Waals surface area contributed by atoms with E-state index in [1.165, 1.54) is 0 Å². The van der Waals surface area contributed by atoms with E-state index in [9.17, 15) is 9.59 Å². The summed E-state index contributed by atoms with van der Waals surface area (Å²) >= 11 is 0. The molecule has 1 aromatic rings. The molecule has 172 valence electrons. The Morgan fingerprint density at radius 3 is 2.81 bits per heavy atom. The number of carbonyl (C=O) groups excluding carboxylic acids is 2. The molecular formula is C21H32IN5O4. The summed E-state index contributed by atoms with van der Waals surface area (Å²) in [5.74, 6) is 0.486. The molecule has 0 saturated carbocycles. The zero-order valence-corrected chi connectivity index (χ0v) is 20.2. The molecule has 0 radical (unpaired) electrons. The van der Waals surface area contributed by atoms with Gasteiger partial charge in [0.2, 0.25) is 5.91 Å². The van der Waals surface area contributed by atoms with Crippen molar-refractivity contribution in [3.8, 4) is 0 Å². The van der Waals surface area contributed by atoms with Crippen LogP contribution in [0.25, 0.3) is 0 Å². The average molecular weight is 545 g/mol. The SMILES string of the molecule is CN=C(NCCCOC1CCOC1)NCc1ccc(C(=O)N2CCNC(=O)C2)cc1.I. The summed E-state index contributed by atoms with van der Waals surface area (Å²) in [6, 6.07) is 7.42. The van der Waals surface area contributed by atoms with Crippen molar-refractivity contribution >= 4 is 41.8 Å². The maximum Gasteiger partial charge on any atom is 0.254 e. The normalized spacial score (nSPS) is 18.9. The van der Waals surface area contributed by atoms with E-state index in [4.69, 9.17) is 9.47 Å². The molecule has 10 heteroatoms. The monoisotopic (exact) mass is 545 g/mol. The molecule has 0 spiro atoms. The summed E-state index contributed by atoms with van der Waals surface area (Å²) in [7, 11) is 1.73. The van der Waals surface area contributed by atoms with Crippen molar-refractivity contribution in [1.29, 1.82) is 0 Å². The first-order valence-electron chi connectivity index (χ1n) is 10.4. The van der Waals surface area contributed by atoms with Gasteiger partial charge in [0.25, 0.3) is 5.91 Å². The zero-order chi connectivity index (χ0) is 21.2. The van der Waals surface area contributed by atoms with E-state index >= 15 is 0 Å². The summed E-state index contributed by atoms with van der Waals surface area (Å²) < 4.78 is 11.0. The fourth-order valence-corrected chi connectivity index (χ4v) is 3.34. The molecular weight excluding hydrogens is 513 g/mol. The molecule has 2 heterocycles. The minimum absolute atomic E-state index is 0. The Balaban J connectivity index is 0.00000341. The van der Waals surface area contributed by atoms with Gasteiger partial charge in [-0.3, -0.25) is 14.6 Å². The second kappa shape index (κ2) is 13.5. The van der Waals surface area contributed by atoms with Crippen LogP contribution >= 0.6 is 24.0 Å². The lowest BCUT2D eigenvalue weighted by molar-refractivity contribution is -0.123. The first kappa shape index (κ1) is 25.3. The van der Waals surface area contributed by atoms with Crippen molar-refractivity contribution in [1.82, 2.24) is 20.9 Å². The summed E-state index contributed by atoms with van der Waals surface area (Å²) in [6.07, 6.45) is 2.11. The van der Waals surface area contributed by atoms with Crippen LogP contribution in [0.5, 0.6) is 0 Å². The Morgan fingerprint density at radius 2 is 2.13 bits per heavy atom. The van der Waals surface area contributed by atoms with Gasteiger partial charge in [-0.05, 0) is 30.5 Å². The number of amides is 2. The van der Waals surface area contributed by atoms with Crippen molar-refractivity contribution in [2.24, 2.45) is 4.99 Å². The van der Waals surface area contributed by atoms with Crippen molar-refractivity contribution in [2.75, 3.05) is 53.0 Å². The number of benzene rings is 1. The smallest absolute Gasteiger partial charge is 0.254 e. The Hall–Kier alpha value is -1.92. The minimum atomic E-state index is -0.117. The van der Waals surface area contributed by atoms with Gasteiger partial charge in [0.15, 0.2) is 5.96 Å². The van der Waals surface area contributed by atoms with Gasteiger partial charge in [0.1, 0.15) is 0 Å². The van der Waals surface area contributed by atoms with Gasteiger partial charge >= 0.3 is 0 Å². The number of carbonyl (C=O) groups is 2. The lowest BCUT2D eigenvalue weighted by atomic mass is 10.1. The molecule has 3 rings (SSSR count). The van der Waals surface area contributed by atoms with Gasteiger partial charge < -0.3 is 30.3 Å². The third-order valence-electron chi connectivity index (χ3n) is 5.07. The van der Waals surface area contributed by atoms with E-state index in [0.29, 0.717) is 38.4 Å². The summed E-state index contributed by atoms with van der Waals surface area (Å²) in [5, 5.41) is 9.26. The van der Waals surface area contributed by atoms with E-state index in [1.807, 2.05) is 12.1 Å². The number of halogens is 1. The third-order valence-corrected chi connectivity index (χ3v) is 5.07. The Bertz CT molecular complexity index is 738. The topological polar surface area (TPSA) is 104 Å². The number of nitrogens with zero attached hydrogens (tertiary/aromatic N) is 2. The van der Waals surface area contributed by atoms with Gasteiger partial charge in [-0.1, -0.05) is 12.1 Å². The molecule has 2 amide bonds. The van der Waals surface area contributed by atoms with Gasteiger partial charge in [-0.2, -0.15) is 0 Å². The van der Waals surface area contributed by atoms with E-state index in [1.54, 1.807) is 24.1 Å². The fourth-order valence-electron chi connectivity index (χ4n) is 3.34. The van der Waals surface area contributed by atoms with Crippen LogP contribution in [0.15, 0.2) is 29.3 Å². The van der Waals surface area contributed by atoms with Gasteiger partial charge in [0, 0.05) is 52.0 Å². The highest BCUT2D eigenvalue weighted by atomic mass is 127. The second-order valence-corrected chi connectivity index (χ2v) is 7.34. The highest BCUT2D eigenvalue weighted by molar-refractivity contribution is 14.0. The molecule has 2 aliphatic rings. The molecule has 9 nitrogen and oxygen atoms in total. The quantitative estimate of drug-likeness (QED) is 0.193. The fraction of sp³-hybridized carbons (Fsp3) is 0.571. The standard InChI is InChI=1S/C21H31N5O4.HI/c1-22-21(24-8-2-11-30-18-7-12-29-15-18)25-13-16-3-5-17(6-4-16)20(28)26-10-9-23-19(27)14-26;/h3-6,18H,2,7-15H2,1H3,(H,23,27)(H2,22,24,25);1H. The number of nitrogens with one attached hydrogen (secondary N) is 3. The van der Waals surface area contributed by atoms with Crippen LogP contribution < -0.4 is 16.0 Å². The molecule has 2 saturated heterocycles. The van der Waals surface area contributed by atoms with E-state index in [0.717, 1.165) is 37.5 Å². The lowest BCUT2D eigenvalue weighted by Gasteiger charge is -2.26. The maximum atomic E-state index is 12.5. The first-order chi connectivity index (χ1) is 14.7. The van der Waals surface area contributed by atoms with E-state index in [2.05, 4.69) is 20.9 Å². The number of guanidine groups is 1. The first-order valence-corrected chi connectivity index (χ1v) is 10.4. The number of rotatable bonds is 8. The number of aliphatic imine (C=N–C) groups is 1. The highest BCUT2D eigenvalue weighted by Gasteiger charge is 2.22. The summed E-state index contributed by atoms with van der Waals surface area (Å²) in [5.41, 5.74) is 1.62. The zero-order valence-electron chi connectivity index (χ0n) is 17.9. The van der Waals surface area contributed by atoms with Gasteiger partial charge in [-0.15, -0.1) is 24.0 Å². The number of piperazine rings is 1. The Kier molecular flexibility index (Phi) is 11.0. The largest absolute Gasteiger partial charge is 0.379 e. The molecule has 1 aromatic carbocycles. The van der Waals surface area contributed by atoms with E-state index < -0.39 is 0 Å². The minimum Gasteiger partial charge on any atom is -0.379 e. The van der Waals surface area contributed by atoms with Crippen LogP contribution in [-0.4, -0.2) is 81.8 Å². The predicted octanol–water partition coefficient (Wildman–Crippen LogP) is 0.737. The molecule has 31 heavy (non-hydrogen) atoms.